The van der Waals surface area contributed by atoms with Crippen molar-refractivity contribution in [2.45, 2.75) is 13.2 Å². The highest BCUT2D eigenvalue weighted by Crippen LogP contribution is 2.07. The fraction of sp³-hybridized carbons (Fsp3) is 0.250. The monoisotopic (exact) mass is 247 g/mol. The van der Waals surface area contributed by atoms with E-state index in [1.165, 1.54) is 0 Å². The minimum absolute atomic E-state index is 0.196. The summed E-state index contributed by atoms with van der Waals surface area (Å²) in [6.45, 7) is 0.922. The number of benzene rings is 1. The van der Waals surface area contributed by atoms with Crippen molar-refractivity contribution in [3.63, 3.8) is 0 Å². The summed E-state index contributed by atoms with van der Waals surface area (Å²) in [4.78, 5) is 25.9. The first-order chi connectivity index (χ1) is 8.69. The van der Waals surface area contributed by atoms with Crippen LogP contribution >= 0.6 is 0 Å². The molecule has 2 amide bonds. The van der Waals surface area contributed by atoms with Crippen LogP contribution in [0.2, 0.25) is 0 Å². The van der Waals surface area contributed by atoms with Gasteiger partial charge in [-0.1, -0.05) is 24.3 Å². The van der Waals surface area contributed by atoms with Gasteiger partial charge in [0.15, 0.2) is 0 Å². The molecule has 1 aliphatic rings. The molecule has 1 aromatic carbocycles. The molecule has 0 saturated carbocycles. The van der Waals surface area contributed by atoms with Gasteiger partial charge in [-0.2, -0.15) is 0 Å². The third kappa shape index (κ3) is 2.92. The molecule has 6 nitrogen and oxygen atoms in total. The fourth-order valence-electron chi connectivity index (χ4n) is 1.59. The number of rotatable bonds is 4. The van der Waals surface area contributed by atoms with Crippen LogP contribution in [0.4, 0.5) is 0 Å². The number of hydrogen-bond donors (Lipinski definition) is 2. The number of carbonyl (C=O) groups is 2. The summed E-state index contributed by atoms with van der Waals surface area (Å²) in [5, 5.41) is 4.68. The summed E-state index contributed by atoms with van der Waals surface area (Å²) >= 11 is 0. The molecule has 1 saturated heterocycles. The van der Waals surface area contributed by atoms with Crippen molar-refractivity contribution in [2.24, 2.45) is 4.99 Å². The van der Waals surface area contributed by atoms with Gasteiger partial charge in [0.25, 0.3) is 0 Å². The summed E-state index contributed by atoms with van der Waals surface area (Å²) in [6.07, 6.45) is 0. The van der Waals surface area contributed by atoms with Gasteiger partial charge in [0.1, 0.15) is 0 Å². The number of aliphatic imine (C=N–C) groups is 1. The van der Waals surface area contributed by atoms with Crippen molar-refractivity contribution in [3.8, 4) is 0 Å². The maximum Gasteiger partial charge on any atom is 0.316 e. The van der Waals surface area contributed by atoms with Gasteiger partial charge < -0.3 is 4.74 Å². The predicted molar refractivity (Wildman–Crippen MR) is 64.6 cm³/mol. The highest BCUT2D eigenvalue weighted by Gasteiger charge is 2.24. The van der Waals surface area contributed by atoms with Crippen molar-refractivity contribution >= 4 is 17.8 Å². The highest BCUT2D eigenvalue weighted by atomic mass is 16.5. The molecule has 1 aromatic rings. The second-order valence-electron chi connectivity index (χ2n) is 3.83. The molecule has 0 bridgehead atoms. The van der Waals surface area contributed by atoms with Crippen molar-refractivity contribution < 1.29 is 14.3 Å². The lowest BCUT2D eigenvalue weighted by Gasteiger charge is -2.02. The minimum atomic E-state index is -0.679. The molecule has 1 fully saturated rings. The van der Waals surface area contributed by atoms with Crippen LogP contribution in [-0.4, -0.2) is 24.9 Å². The fourth-order valence-corrected chi connectivity index (χ4v) is 1.59. The molecule has 1 heterocycles. The number of hydrogen-bond acceptors (Lipinski definition) is 4. The lowest BCUT2D eigenvalue weighted by molar-refractivity contribution is -0.135. The Morgan fingerprint density at radius 1 is 1.17 bits per heavy atom. The van der Waals surface area contributed by atoms with E-state index in [0.29, 0.717) is 13.2 Å². The van der Waals surface area contributed by atoms with Gasteiger partial charge in [0.2, 0.25) is 5.96 Å². The molecular formula is C12H13N3O3. The number of nitrogens with zero attached hydrogens (tertiary/aromatic N) is 1. The van der Waals surface area contributed by atoms with E-state index in [0.717, 1.165) is 11.1 Å². The molecule has 0 aliphatic carbocycles. The Bertz CT molecular complexity index is 493. The first-order valence-electron chi connectivity index (χ1n) is 5.42. The minimum Gasteiger partial charge on any atom is -0.380 e. The smallest absolute Gasteiger partial charge is 0.316 e. The zero-order chi connectivity index (χ0) is 13.0. The molecule has 0 radical (unpaired) electrons. The number of nitrogens with one attached hydrogen (secondary N) is 2. The standard InChI is InChI=1S/C12H13N3O3/c1-18-7-9-4-2-3-8(5-9)6-13-12-14-10(16)11(17)15-12/h2-5H,6-7H2,1H3,(H2,13,14,15,16,17). The molecule has 0 unspecified atom stereocenters. The summed E-state index contributed by atoms with van der Waals surface area (Å²) in [5.41, 5.74) is 2.03. The second-order valence-corrected chi connectivity index (χ2v) is 3.83. The van der Waals surface area contributed by atoms with Gasteiger partial charge in [-0.25, -0.2) is 4.99 Å². The quantitative estimate of drug-likeness (QED) is 0.731. The average Bonchev–Trinajstić information content (AvgIpc) is 2.67. The summed E-state index contributed by atoms with van der Waals surface area (Å²) in [5.74, 6) is -1.16. The molecule has 0 atom stereocenters. The SMILES string of the molecule is COCc1cccc(CN=C2NC(=O)C(=O)N2)c1. The van der Waals surface area contributed by atoms with Gasteiger partial charge >= 0.3 is 11.8 Å². The van der Waals surface area contributed by atoms with Crippen LogP contribution in [0.25, 0.3) is 0 Å². The van der Waals surface area contributed by atoms with Crippen molar-refractivity contribution in [2.75, 3.05) is 7.11 Å². The molecule has 1 aliphatic heterocycles. The molecule has 0 aromatic heterocycles. The number of methoxy groups -OCH3 is 1. The Hall–Kier alpha value is -2.21. The number of ether oxygens (including phenoxy) is 1. The molecule has 2 rings (SSSR count). The van der Waals surface area contributed by atoms with E-state index in [9.17, 15) is 9.59 Å². The molecule has 2 N–H and O–H groups in total. The average molecular weight is 247 g/mol. The van der Waals surface area contributed by atoms with Crippen LogP contribution in [0.3, 0.4) is 0 Å². The first kappa shape index (κ1) is 12.3. The lowest BCUT2D eigenvalue weighted by atomic mass is 10.1. The number of guanidine groups is 1. The van der Waals surface area contributed by atoms with E-state index in [1.807, 2.05) is 24.3 Å². The van der Waals surface area contributed by atoms with Gasteiger partial charge in [-0.05, 0) is 11.1 Å². The van der Waals surface area contributed by atoms with E-state index in [-0.39, 0.29) is 5.96 Å². The second kappa shape index (κ2) is 5.42. The van der Waals surface area contributed by atoms with Crippen LogP contribution in [0, 0.1) is 0 Å². The predicted octanol–water partition coefficient (Wildman–Crippen LogP) is -0.0650. The molecule has 94 valence electrons. The van der Waals surface area contributed by atoms with Crippen LogP contribution in [0.15, 0.2) is 29.3 Å². The van der Waals surface area contributed by atoms with Gasteiger partial charge in [-0.3, -0.25) is 20.2 Å². The maximum atomic E-state index is 10.9. The van der Waals surface area contributed by atoms with E-state index < -0.39 is 11.8 Å². The molecule has 6 heteroatoms. The Balaban J connectivity index is 2.02. The summed E-state index contributed by atoms with van der Waals surface area (Å²) < 4.78 is 5.04. The van der Waals surface area contributed by atoms with E-state index in [1.54, 1.807) is 7.11 Å². The Morgan fingerprint density at radius 2 is 1.83 bits per heavy atom. The molecular weight excluding hydrogens is 234 g/mol. The third-order valence-corrected chi connectivity index (χ3v) is 2.39. The zero-order valence-corrected chi connectivity index (χ0v) is 9.90. The zero-order valence-electron chi connectivity index (χ0n) is 9.90. The van der Waals surface area contributed by atoms with Crippen molar-refractivity contribution in [1.29, 1.82) is 0 Å². The molecule has 18 heavy (non-hydrogen) atoms. The number of amides is 2. The normalized spacial score (nSPS) is 14.4. The van der Waals surface area contributed by atoms with E-state index in [4.69, 9.17) is 4.74 Å². The highest BCUT2D eigenvalue weighted by molar-refractivity contribution is 6.45. The maximum absolute atomic E-state index is 10.9. The molecule has 0 spiro atoms. The summed E-state index contributed by atoms with van der Waals surface area (Å²) in [7, 11) is 1.64. The van der Waals surface area contributed by atoms with Gasteiger partial charge in [0.05, 0.1) is 13.2 Å². The van der Waals surface area contributed by atoms with Gasteiger partial charge in [-0.15, -0.1) is 0 Å². The van der Waals surface area contributed by atoms with Gasteiger partial charge in [0, 0.05) is 7.11 Å². The van der Waals surface area contributed by atoms with Crippen LogP contribution in [-0.2, 0) is 27.5 Å². The topological polar surface area (TPSA) is 79.8 Å². The van der Waals surface area contributed by atoms with Crippen molar-refractivity contribution in [3.05, 3.63) is 35.4 Å². The third-order valence-electron chi connectivity index (χ3n) is 2.39. The van der Waals surface area contributed by atoms with E-state index in [2.05, 4.69) is 15.6 Å². The Morgan fingerprint density at radius 3 is 2.50 bits per heavy atom. The van der Waals surface area contributed by atoms with E-state index >= 15 is 0 Å². The van der Waals surface area contributed by atoms with Crippen LogP contribution < -0.4 is 10.6 Å². The Labute approximate surface area is 104 Å². The lowest BCUT2D eigenvalue weighted by Crippen LogP contribution is -2.25. The number of carbonyl (C=O) groups excluding carboxylic acids is 2. The first-order valence-corrected chi connectivity index (χ1v) is 5.42. The van der Waals surface area contributed by atoms with Crippen LogP contribution in [0.5, 0.6) is 0 Å². The largest absolute Gasteiger partial charge is 0.380 e. The van der Waals surface area contributed by atoms with Crippen molar-refractivity contribution in [1.82, 2.24) is 10.6 Å². The van der Waals surface area contributed by atoms with Crippen LogP contribution in [0.1, 0.15) is 11.1 Å². The summed E-state index contributed by atoms with van der Waals surface area (Å²) in [6, 6.07) is 7.75. The Kier molecular flexibility index (Phi) is 3.69.